The SMILES string of the molecule is O=C(CC(=O)c1ccc(-c2ccccc2)cc1)NCCc1ccc(CC2=CCCCC2)cc1. The molecule has 1 aliphatic carbocycles. The molecule has 3 nitrogen and oxygen atoms in total. The molecule has 0 spiro atoms. The first-order chi connectivity index (χ1) is 16.2. The highest BCUT2D eigenvalue weighted by Crippen LogP contribution is 2.22. The van der Waals surface area contributed by atoms with Crippen molar-refractivity contribution in [1.29, 1.82) is 0 Å². The van der Waals surface area contributed by atoms with Crippen LogP contribution in [0.5, 0.6) is 0 Å². The van der Waals surface area contributed by atoms with Crippen LogP contribution in [0.3, 0.4) is 0 Å². The number of Topliss-reactive ketones (excluding diaryl/α,β-unsaturated/α-hetero) is 1. The highest BCUT2D eigenvalue weighted by Gasteiger charge is 2.12. The lowest BCUT2D eigenvalue weighted by molar-refractivity contribution is -0.120. The van der Waals surface area contributed by atoms with E-state index in [-0.39, 0.29) is 18.1 Å². The van der Waals surface area contributed by atoms with E-state index >= 15 is 0 Å². The summed E-state index contributed by atoms with van der Waals surface area (Å²) in [6, 6.07) is 26.1. The van der Waals surface area contributed by atoms with E-state index in [2.05, 4.69) is 35.7 Å². The molecule has 0 radical (unpaired) electrons. The summed E-state index contributed by atoms with van der Waals surface area (Å²) in [5.41, 5.74) is 6.82. The van der Waals surface area contributed by atoms with Crippen molar-refractivity contribution in [2.75, 3.05) is 6.54 Å². The molecule has 0 aliphatic heterocycles. The van der Waals surface area contributed by atoms with Crippen molar-refractivity contribution in [3.05, 3.63) is 107 Å². The van der Waals surface area contributed by atoms with E-state index in [0.29, 0.717) is 12.1 Å². The lowest BCUT2D eigenvalue weighted by Gasteiger charge is -2.13. The Morgan fingerprint density at radius 3 is 2.15 bits per heavy atom. The van der Waals surface area contributed by atoms with Crippen molar-refractivity contribution < 1.29 is 9.59 Å². The zero-order chi connectivity index (χ0) is 22.9. The minimum atomic E-state index is -0.229. The number of nitrogens with one attached hydrogen (secondary N) is 1. The zero-order valence-electron chi connectivity index (χ0n) is 19.1. The Balaban J connectivity index is 1.20. The van der Waals surface area contributed by atoms with Crippen LogP contribution in [0.2, 0.25) is 0 Å². The fourth-order valence-corrected chi connectivity index (χ4v) is 4.29. The molecule has 168 valence electrons. The molecule has 0 heterocycles. The van der Waals surface area contributed by atoms with Crippen molar-refractivity contribution >= 4 is 11.7 Å². The molecule has 0 saturated heterocycles. The van der Waals surface area contributed by atoms with Gasteiger partial charge >= 0.3 is 0 Å². The summed E-state index contributed by atoms with van der Waals surface area (Å²) in [5, 5.41) is 2.88. The van der Waals surface area contributed by atoms with E-state index in [1.54, 1.807) is 17.7 Å². The summed E-state index contributed by atoms with van der Waals surface area (Å²) >= 11 is 0. The van der Waals surface area contributed by atoms with Gasteiger partial charge in [0.1, 0.15) is 0 Å². The monoisotopic (exact) mass is 437 g/mol. The van der Waals surface area contributed by atoms with Gasteiger partial charge in [-0.05, 0) is 60.8 Å². The minimum absolute atomic E-state index is 0.126. The van der Waals surface area contributed by atoms with Gasteiger partial charge < -0.3 is 5.32 Å². The second kappa shape index (κ2) is 11.4. The van der Waals surface area contributed by atoms with Gasteiger partial charge in [-0.3, -0.25) is 9.59 Å². The van der Waals surface area contributed by atoms with Crippen LogP contribution in [0.4, 0.5) is 0 Å². The number of hydrogen-bond acceptors (Lipinski definition) is 2. The van der Waals surface area contributed by atoms with Crippen molar-refractivity contribution in [1.82, 2.24) is 5.32 Å². The van der Waals surface area contributed by atoms with Gasteiger partial charge in [0.25, 0.3) is 0 Å². The molecule has 0 atom stereocenters. The molecule has 1 N–H and O–H groups in total. The van der Waals surface area contributed by atoms with Crippen LogP contribution in [0, 0.1) is 0 Å². The average Bonchev–Trinajstić information content (AvgIpc) is 2.86. The quantitative estimate of drug-likeness (QED) is 0.242. The van der Waals surface area contributed by atoms with Gasteiger partial charge in [0, 0.05) is 12.1 Å². The first-order valence-corrected chi connectivity index (χ1v) is 11.9. The van der Waals surface area contributed by atoms with Crippen LogP contribution in [0.15, 0.2) is 90.5 Å². The van der Waals surface area contributed by atoms with E-state index in [1.165, 1.54) is 36.8 Å². The lowest BCUT2D eigenvalue weighted by Crippen LogP contribution is -2.27. The average molecular weight is 438 g/mol. The third kappa shape index (κ3) is 6.76. The number of rotatable bonds is 9. The topological polar surface area (TPSA) is 46.2 Å². The number of ketones is 1. The molecule has 0 fully saturated rings. The summed E-state index contributed by atoms with van der Waals surface area (Å²) in [6.45, 7) is 0.531. The summed E-state index contributed by atoms with van der Waals surface area (Å²) in [5.74, 6) is -0.388. The van der Waals surface area contributed by atoms with E-state index < -0.39 is 0 Å². The maximum absolute atomic E-state index is 12.5. The van der Waals surface area contributed by atoms with Crippen LogP contribution in [0.1, 0.15) is 53.6 Å². The van der Waals surface area contributed by atoms with Crippen molar-refractivity contribution in [2.45, 2.75) is 44.9 Å². The molecule has 33 heavy (non-hydrogen) atoms. The van der Waals surface area contributed by atoms with Crippen LogP contribution < -0.4 is 5.32 Å². The molecule has 1 amide bonds. The Hall–Kier alpha value is -3.46. The maximum atomic E-state index is 12.5. The van der Waals surface area contributed by atoms with Gasteiger partial charge in [-0.15, -0.1) is 0 Å². The number of carbonyl (C=O) groups excluding carboxylic acids is 2. The Bertz CT molecular complexity index is 1100. The zero-order valence-corrected chi connectivity index (χ0v) is 19.1. The molecule has 4 rings (SSSR count). The van der Waals surface area contributed by atoms with Crippen molar-refractivity contribution in [3.63, 3.8) is 0 Å². The summed E-state index contributed by atoms with van der Waals surface area (Å²) in [4.78, 5) is 24.7. The molecule has 3 heteroatoms. The molecule has 3 aromatic rings. The number of carbonyl (C=O) groups is 2. The molecule has 0 aromatic heterocycles. The minimum Gasteiger partial charge on any atom is -0.355 e. The van der Waals surface area contributed by atoms with Crippen molar-refractivity contribution in [3.8, 4) is 11.1 Å². The largest absolute Gasteiger partial charge is 0.355 e. The summed E-state index contributed by atoms with van der Waals surface area (Å²) < 4.78 is 0. The molecular weight excluding hydrogens is 406 g/mol. The lowest BCUT2D eigenvalue weighted by atomic mass is 9.94. The van der Waals surface area contributed by atoms with Crippen LogP contribution >= 0.6 is 0 Å². The molecule has 1 aliphatic rings. The highest BCUT2D eigenvalue weighted by molar-refractivity contribution is 6.07. The molecule has 0 unspecified atom stereocenters. The van der Waals surface area contributed by atoms with Gasteiger partial charge in [0.15, 0.2) is 5.78 Å². The number of amides is 1. The molecule has 3 aromatic carbocycles. The maximum Gasteiger partial charge on any atom is 0.227 e. The number of allylic oxidation sites excluding steroid dienone is 2. The predicted molar refractivity (Wildman–Crippen MR) is 134 cm³/mol. The smallest absolute Gasteiger partial charge is 0.227 e. The Morgan fingerprint density at radius 2 is 1.45 bits per heavy atom. The van der Waals surface area contributed by atoms with Crippen LogP contribution in [0.25, 0.3) is 11.1 Å². The normalized spacial score (nSPS) is 13.3. The van der Waals surface area contributed by atoms with E-state index in [4.69, 9.17) is 0 Å². The first kappa shape index (κ1) is 22.7. The summed E-state index contributed by atoms with van der Waals surface area (Å²) in [6.07, 6.45) is 9.15. The van der Waals surface area contributed by atoms with Gasteiger partial charge in [0.05, 0.1) is 6.42 Å². The molecule has 0 bridgehead atoms. The summed E-state index contributed by atoms with van der Waals surface area (Å²) in [7, 11) is 0. The van der Waals surface area contributed by atoms with E-state index in [0.717, 1.165) is 24.0 Å². The van der Waals surface area contributed by atoms with E-state index in [9.17, 15) is 9.59 Å². The predicted octanol–water partition coefficient (Wildman–Crippen LogP) is 6.33. The fraction of sp³-hybridized carbons (Fsp3) is 0.267. The second-order valence-electron chi connectivity index (χ2n) is 8.74. The first-order valence-electron chi connectivity index (χ1n) is 11.9. The Kier molecular flexibility index (Phi) is 7.86. The van der Waals surface area contributed by atoms with Crippen molar-refractivity contribution in [2.24, 2.45) is 0 Å². The van der Waals surface area contributed by atoms with Gasteiger partial charge in [-0.2, -0.15) is 0 Å². The number of hydrogen-bond donors (Lipinski definition) is 1. The van der Waals surface area contributed by atoms with Gasteiger partial charge in [0.2, 0.25) is 5.91 Å². The van der Waals surface area contributed by atoms with E-state index in [1.807, 2.05) is 42.5 Å². The van der Waals surface area contributed by atoms with Crippen LogP contribution in [-0.2, 0) is 17.6 Å². The molecule has 0 saturated carbocycles. The standard InChI is InChI=1S/C30H31NO2/c32-29(28-17-15-27(16-18-28)26-9-5-2-6-10-26)22-30(33)31-20-19-23-11-13-25(14-12-23)21-24-7-3-1-4-8-24/h2,5-7,9-18H,1,3-4,8,19-22H2,(H,31,33). The second-order valence-corrected chi connectivity index (χ2v) is 8.74. The van der Waals surface area contributed by atoms with Gasteiger partial charge in [-0.1, -0.05) is 90.5 Å². The third-order valence-corrected chi connectivity index (χ3v) is 6.21. The molecular formula is C30H31NO2. The Labute approximate surface area is 196 Å². The fourth-order valence-electron chi connectivity index (χ4n) is 4.29. The third-order valence-electron chi connectivity index (χ3n) is 6.21. The number of benzene rings is 3. The van der Waals surface area contributed by atoms with Gasteiger partial charge in [-0.25, -0.2) is 0 Å². The highest BCUT2D eigenvalue weighted by atomic mass is 16.2. The Morgan fingerprint density at radius 1 is 0.758 bits per heavy atom. The van der Waals surface area contributed by atoms with Crippen LogP contribution in [-0.4, -0.2) is 18.2 Å².